The van der Waals surface area contributed by atoms with Crippen LogP contribution in [-0.2, 0) is 11.2 Å². The number of aromatic nitrogens is 1. The van der Waals surface area contributed by atoms with Crippen LogP contribution < -0.4 is 15.9 Å². The number of anilines is 1. The van der Waals surface area contributed by atoms with Crippen molar-refractivity contribution in [2.75, 3.05) is 12.3 Å². The van der Waals surface area contributed by atoms with E-state index in [-0.39, 0.29) is 12.3 Å². The molecule has 2 aromatic carbocycles. The Kier molecular flexibility index (Phi) is 8.20. The number of benzene rings is 2. The Morgan fingerprint density at radius 3 is 2.90 bits per heavy atom. The fourth-order valence-electron chi connectivity index (χ4n) is 3.10. The zero-order valence-electron chi connectivity index (χ0n) is 17.3. The van der Waals surface area contributed by atoms with E-state index < -0.39 is 0 Å². The van der Waals surface area contributed by atoms with Crippen LogP contribution >= 0.6 is 11.3 Å². The van der Waals surface area contributed by atoms with Crippen molar-refractivity contribution in [2.24, 2.45) is 5.10 Å². The lowest BCUT2D eigenvalue weighted by atomic mass is 10.1. The van der Waals surface area contributed by atoms with Gasteiger partial charge in [0, 0.05) is 5.56 Å². The summed E-state index contributed by atoms with van der Waals surface area (Å²) >= 11 is 1.41. The molecule has 0 aliphatic carbocycles. The highest BCUT2D eigenvalue weighted by atomic mass is 32.1. The van der Waals surface area contributed by atoms with Crippen LogP contribution in [0.25, 0.3) is 10.2 Å². The first-order valence-corrected chi connectivity index (χ1v) is 11.2. The van der Waals surface area contributed by atoms with Gasteiger partial charge in [-0.3, -0.25) is 4.79 Å². The monoisotopic (exact) mass is 424 g/mol. The first-order chi connectivity index (χ1) is 14.7. The number of unbranched alkanes of at least 4 members (excludes halogenated alkanes) is 4. The van der Waals surface area contributed by atoms with E-state index in [0.29, 0.717) is 11.7 Å². The summed E-state index contributed by atoms with van der Waals surface area (Å²) in [6, 6.07) is 13.4. The maximum atomic E-state index is 12.2. The number of nitrogens with zero attached hydrogens (tertiary/aromatic N) is 2. The van der Waals surface area contributed by atoms with Crippen LogP contribution in [0.4, 0.5) is 5.13 Å². The average molecular weight is 425 g/mol. The predicted molar refractivity (Wildman–Crippen MR) is 124 cm³/mol. The zero-order chi connectivity index (χ0) is 21.2. The zero-order valence-corrected chi connectivity index (χ0v) is 18.1. The number of carbonyl (C=O) groups excluding carboxylic acids is 1. The molecule has 0 spiro atoms. The van der Waals surface area contributed by atoms with Gasteiger partial charge in [0.15, 0.2) is 5.13 Å². The number of nitrogen functional groups attached to an aromatic ring is 1. The number of nitrogens with one attached hydrogen (secondary N) is 1. The van der Waals surface area contributed by atoms with Crippen molar-refractivity contribution in [3.8, 4) is 5.75 Å². The third-order valence-corrected chi connectivity index (χ3v) is 5.50. The summed E-state index contributed by atoms with van der Waals surface area (Å²) < 4.78 is 6.87. The van der Waals surface area contributed by atoms with E-state index in [1.165, 1.54) is 37.0 Å². The van der Waals surface area contributed by atoms with Crippen molar-refractivity contribution >= 4 is 38.8 Å². The van der Waals surface area contributed by atoms with Crippen molar-refractivity contribution in [1.29, 1.82) is 0 Å². The van der Waals surface area contributed by atoms with Crippen LogP contribution in [0.2, 0.25) is 0 Å². The third-order valence-electron chi connectivity index (χ3n) is 4.65. The van der Waals surface area contributed by atoms with Gasteiger partial charge in [-0.25, -0.2) is 10.4 Å². The first-order valence-electron chi connectivity index (χ1n) is 10.3. The molecular weight excluding hydrogens is 396 g/mol. The van der Waals surface area contributed by atoms with Gasteiger partial charge >= 0.3 is 0 Å². The topological polar surface area (TPSA) is 89.6 Å². The molecule has 0 atom stereocenters. The van der Waals surface area contributed by atoms with Crippen LogP contribution in [-0.4, -0.2) is 23.7 Å². The molecule has 30 heavy (non-hydrogen) atoms. The largest absolute Gasteiger partial charge is 0.493 e. The van der Waals surface area contributed by atoms with Gasteiger partial charge in [-0.15, -0.1) is 0 Å². The minimum atomic E-state index is -0.183. The molecule has 0 fully saturated rings. The summed E-state index contributed by atoms with van der Waals surface area (Å²) in [6.45, 7) is 2.90. The van der Waals surface area contributed by atoms with E-state index in [4.69, 9.17) is 10.5 Å². The lowest BCUT2D eigenvalue weighted by Crippen LogP contribution is -2.19. The van der Waals surface area contributed by atoms with Gasteiger partial charge in [0.1, 0.15) is 5.75 Å². The maximum Gasteiger partial charge on any atom is 0.244 e. The lowest BCUT2D eigenvalue weighted by molar-refractivity contribution is -0.120. The molecule has 158 valence electrons. The van der Waals surface area contributed by atoms with Crippen LogP contribution in [0.1, 0.15) is 50.2 Å². The Morgan fingerprint density at radius 1 is 1.20 bits per heavy atom. The lowest BCUT2D eigenvalue weighted by Gasteiger charge is -2.08. The fraction of sp³-hybridized carbons (Fsp3) is 0.348. The highest BCUT2D eigenvalue weighted by Crippen LogP contribution is 2.24. The number of rotatable bonds is 11. The molecule has 3 N–H and O–H groups in total. The summed E-state index contributed by atoms with van der Waals surface area (Å²) in [7, 11) is 0. The van der Waals surface area contributed by atoms with E-state index >= 15 is 0 Å². The van der Waals surface area contributed by atoms with Gasteiger partial charge in [-0.2, -0.15) is 5.10 Å². The first kappa shape index (κ1) is 21.8. The Balaban J connectivity index is 1.49. The minimum Gasteiger partial charge on any atom is -0.493 e. The maximum absolute atomic E-state index is 12.2. The van der Waals surface area contributed by atoms with Gasteiger partial charge < -0.3 is 10.5 Å². The van der Waals surface area contributed by atoms with E-state index in [9.17, 15) is 4.79 Å². The molecule has 0 radical (unpaired) electrons. The van der Waals surface area contributed by atoms with Crippen LogP contribution in [0.3, 0.4) is 0 Å². The molecule has 7 heteroatoms. The molecule has 1 amide bonds. The van der Waals surface area contributed by atoms with Crippen molar-refractivity contribution < 1.29 is 9.53 Å². The predicted octanol–water partition coefficient (Wildman–Crippen LogP) is 4.92. The van der Waals surface area contributed by atoms with E-state index in [2.05, 4.69) is 22.4 Å². The van der Waals surface area contributed by atoms with E-state index in [1.54, 1.807) is 6.21 Å². The van der Waals surface area contributed by atoms with Gasteiger partial charge in [-0.1, -0.05) is 62.1 Å². The van der Waals surface area contributed by atoms with Crippen molar-refractivity contribution in [1.82, 2.24) is 10.4 Å². The van der Waals surface area contributed by atoms with Crippen LogP contribution in [0, 0.1) is 0 Å². The third kappa shape index (κ3) is 6.56. The second kappa shape index (κ2) is 11.3. The SMILES string of the molecule is CCCCCCCOc1ccccc1/C=N\NC(=O)Cc1ccc2nc(N)sc2c1. The van der Waals surface area contributed by atoms with E-state index in [0.717, 1.165) is 33.5 Å². The molecule has 3 aromatic rings. The number of fused-ring (bicyclic) bond motifs is 1. The molecule has 0 aliphatic heterocycles. The fourth-order valence-corrected chi connectivity index (χ4v) is 3.90. The number of hydrogen-bond acceptors (Lipinski definition) is 6. The average Bonchev–Trinajstić information content (AvgIpc) is 3.11. The number of nitrogens with two attached hydrogens (primary N) is 1. The second-order valence-electron chi connectivity index (χ2n) is 7.12. The number of hydrazone groups is 1. The molecule has 0 aliphatic rings. The summed E-state index contributed by atoms with van der Waals surface area (Å²) in [5.41, 5.74) is 10.9. The quantitative estimate of drug-likeness (QED) is 0.260. The van der Waals surface area contributed by atoms with E-state index in [1.807, 2.05) is 42.5 Å². The summed E-state index contributed by atoms with van der Waals surface area (Å²) in [5.74, 6) is 0.594. The Morgan fingerprint density at radius 2 is 2.03 bits per heavy atom. The van der Waals surface area contributed by atoms with Gasteiger partial charge in [-0.05, 0) is 36.2 Å². The molecule has 0 bridgehead atoms. The molecule has 1 heterocycles. The Labute approximate surface area is 181 Å². The summed E-state index contributed by atoms with van der Waals surface area (Å²) in [5, 5.41) is 4.63. The standard InChI is InChI=1S/C23H28N4O2S/c1-2-3-4-5-8-13-29-20-10-7-6-9-18(20)16-25-27-22(28)15-17-11-12-19-21(14-17)30-23(24)26-19/h6-7,9-12,14,16H,2-5,8,13,15H2,1H3,(H2,24,26)(H,27,28)/b25-16-. The molecule has 0 saturated heterocycles. The van der Waals surface area contributed by atoms with Crippen LogP contribution in [0.15, 0.2) is 47.6 Å². The highest BCUT2D eigenvalue weighted by molar-refractivity contribution is 7.22. The number of amides is 1. The van der Waals surface area contributed by atoms with Crippen molar-refractivity contribution in [3.05, 3.63) is 53.6 Å². The molecule has 0 unspecified atom stereocenters. The summed E-state index contributed by atoms with van der Waals surface area (Å²) in [6.07, 6.45) is 7.84. The minimum absolute atomic E-state index is 0.183. The normalized spacial score (nSPS) is 11.2. The number of hydrogen-bond donors (Lipinski definition) is 2. The van der Waals surface area contributed by atoms with Crippen LogP contribution in [0.5, 0.6) is 5.75 Å². The number of thiazole rings is 1. The summed E-state index contributed by atoms with van der Waals surface area (Å²) in [4.78, 5) is 16.5. The molecule has 1 aromatic heterocycles. The van der Waals surface area contributed by atoms with Gasteiger partial charge in [0.2, 0.25) is 5.91 Å². The number of para-hydroxylation sites is 1. The molecule has 3 rings (SSSR count). The molecule has 0 saturated carbocycles. The highest BCUT2D eigenvalue weighted by Gasteiger charge is 2.06. The smallest absolute Gasteiger partial charge is 0.244 e. The number of ether oxygens (including phenoxy) is 1. The second-order valence-corrected chi connectivity index (χ2v) is 8.19. The molecular formula is C23H28N4O2S. The van der Waals surface area contributed by atoms with Gasteiger partial charge in [0.25, 0.3) is 0 Å². The molecule has 6 nitrogen and oxygen atoms in total. The van der Waals surface area contributed by atoms with Crippen molar-refractivity contribution in [3.63, 3.8) is 0 Å². The Hall–Kier alpha value is -2.93. The van der Waals surface area contributed by atoms with Gasteiger partial charge in [0.05, 0.1) is 29.5 Å². The Bertz CT molecular complexity index is 1000. The number of carbonyl (C=O) groups is 1. The van der Waals surface area contributed by atoms with Crippen molar-refractivity contribution in [2.45, 2.75) is 45.4 Å².